The molecule has 0 aromatic heterocycles. The third-order valence-corrected chi connectivity index (χ3v) is 13.1. The predicted octanol–water partition coefficient (Wildman–Crippen LogP) is 6.02. The first-order chi connectivity index (χ1) is 17.5. The van der Waals surface area contributed by atoms with Crippen molar-refractivity contribution in [3.63, 3.8) is 0 Å². The molecule has 5 saturated carbocycles. The van der Waals surface area contributed by atoms with Crippen LogP contribution < -0.4 is 0 Å². The molecule has 3 N–H and O–H groups in total. The number of esters is 1. The Morgan fingerprint density at radius 1 is 0.946 bits per heavy atom. The number of fused-ring (bicyclic) bond motifs is 5. The van der Waals surface area contributed by atoms with Gasteiger partial charge in [0.15, 0.2) is 0 Å². The average Bonchev–Trinajstić information content (AvgIpc) is 3.23. The Kier molecular flexibility index (Phi) is 7.84. The zero-order valence-electron chi connectivity index (χ0n) is 24.0. The minimum Gasteiger partial charge on any atom is -0.459 e. The van der Waals surface area contributed by atoms with Gasteiger partial charge in [0.1, 0.15) is 5.60 Å². The molecule has 0 aromatic carbocycles. The molecular weight excluding hydrogens is 464 g/mol. The van der Waals surface area contributed by atoms with E-state index in [1.165, 1.54) is 6.42 Å². The summed E-state index contributed by atoms with van der Waals surface area (Å²) in [6.45, 7) is 9.11. The van der Waals surface area contributed by atoms with E-state index in [-0.39, 0.29) is 46.6 Å². The van der Waals surface area contributed by atoms with Crippen LogP contribution in [0.4, 0.5) is 0 Å². The third-order valence-electron chi connectivity index (χ3n) is 13.1. The van der Waals surface area contributed by atoms with E-state index in [0.29, 0.717) is 36.0 Å². The first kappa shape index (κ1) is 27.9. The number of aliphatic hydroxyl groups is 3. The maximum absolute atomic E-state index is 12.9. The number of carbonyl (C=O) groups is 1. The van der Waals surface area contributed by atoms with Gasteiger partial charge in [-0.25, -0.2) is 0 Å². The van der Waals surface area contributed by atoms with Crippen LogP contribution in [0.15, 0.2) is 0 Å². The zero-order valence-corrected chi connectivity index (χ0v) is 24.0. The zero-order chi connectivity index (χ0) is 26.6. The topological polar surface area (TPSA) is 87.0 Å². The summed E-state index contributed by atoms with van der Waals surface area (Å²) in [4.78, 5) is 12.9. The van der Waals surface area contributed by atoms with Crippen LogP contribution in [0.1, 0.15) is 124 Å². The normalized spacial score (nSPS) is 47.9. The quantitative estimate of drug-likeness (QED) is 0.374. The van der Waals surface area contributed by atoms with Crippen molar-refractivity contribution in [3.8, 4) is 0 Å². The molecule has 5 aliphatic carbocycles. The molecule has 11 atom stereocenters. The van der Waals surface area contributed by atoms with E-state index in [9.17, 15) is 20.1 Å². The van der Waals surface area contributed by atoms with E-state index in [0.717, 1.165) is 83.5 Å². The number of carbonyl (C=O) groups excluding carboxylic acids is 1. The standard InChI is InChI=1S/C32H54O5/c1-5-32(14-7-6-8-15-32)37-28(36)12-9-20(2)23-10-11-24-29-25(19-27(35)31(23,24)4)30(3)16-13-22(33)17-21(30)18-26(29)34/h20-27,29,33-35H,5-19H2,1-4H3/t20-,21?,22-,23?,24?,25?,26-,27+,29?,30+,31-/m1/s1. The maximum Gasteiger partial charge on any atom is 0.306 e. The van der Waals surface area contributed by atoms with Crippen LogP contribution in [-0.4, -0.2) is 45.2 Å². The molecule has 0 aromatic rings. The lowest BCUT2D eigenvalue weighted by Gasteiger charge is -2.63. The molecule has 5 aliphatic rings. The molecule has 0 heterocycles. The third kappa shape index (κ3) is 4.71. The highest BCUT2D eigenvalue weighted by atomic mass is 16.6. The van der Waals surface area contributed by atoms with E-state index in [4.69, 9.17) is 4.74 Å². The van der Waals surface area contributed by atoms with Gasteiger partial charge in [-0.15, -0.1) is 0 Å². The Hall–Kier alpha value is -0.650. The molecule has 0 saturated heterocycles. The van der Waals surface area contributed by atoms with Crippen molar-refractivity contribution in [1.29, 1.82) is 0 Å². The Bertz CT molecular complexity index is 822. The molecule has 5 unspecified atom stereocenters. The second-order valence-corrected chi connectivity index (χ2v) is 14.6. The van der Waals surface area contributed by atoms with Crippen LogP contribution in [-0.2, 0) is 9.53 Å². The molecule has 212 valence electrons. The molecule has 5 fully saturated rings. The van der Waals surface area contributed by atoms with Crippen LogP contribution in [0, 0.1) is 46.3 Å². The Balaban J connectivity index is 1.26. The van der Waals surface area contributed by atoms with Gasteiger partial charge in [-0.05, 0) is 130 Å². The summed E-state index contributed by atoms with van der Waals surface area (Å²) in [5.41, 5.74) is -0.345. The number of hydrogen-bond donors (Lipinski definition) is 3. The van der Waals surface area contributed by atoms with Gasteiger partial charge in [-0.2, -0.15) is 0 Å². The van der Waals surface area contributed by atoms with Gasteiger partial charge < -0.3 is 20.1 Å². The number of hydrogen-bond acceptors (Lipinski definition) is 5. The summed E-state index contributed by atoms with van der Waals surface area (Å²) in [5.74, 6) is 1.90. The van der Waals surface area contributed by atoms with Crippen molar-refractivity contribution >= 4 is 5.97 Å². The molecule has 5 rings (SSSR count). The van der Waals surface area contributed by atoms with E-state index in [1.807, 2.05) is 0 Å². The fourth-order valence-corrected chi connectivity index (χ4v) is 10.7. The van der Waals surface area contributed by atoms with Crippen molar-refractivity contribution < 1.29 is 24.9 Å². The lowest BCUT2D eigenvalue weighted by Crippen LogP contribution is -2.62. The lowest BCUT2D eigenvalue weighted by molar-refractivity contribution is -0.207. The number of aliphatic hydroxyl groups excluding tert-OH is 3. The smallest absolute Gasteiger partial charge is 0.306 e. The highest BCUT2D eigenvalue weighted by Crippen LogP contribution is 2.68. The van der Waals surface area contributed by atoms with Crippen LogP contribution in [0.2, 0.25) is 0 Å². The summed E-state index contributed by atoms with van der Waals surface area (Å²) in [5, 5.41) is 33.6. The van der Waals surface area contributed by atoms with Crippen LogP contribution in [0.3, 0.4) is 0 Å². The predicted molar refractivity (Wildman–Crippen MR) is 145 cm³/mol. The van der Waals surface area contributed by atoms with Crippen molar-refractivity contribution in [2.45, 2.75) is 148 Å². The Morgan fingerprint density at radius 3 is 2.38 bits per heavy atom. The summed E-state index contributed by atoms with van der Waals surface area (Å²) < 4.78 is 6.11. The van der Waals surface area contributed by atoms with Crippen LogP contribution in [0.5, 0.6) is 0 Å². The fraction of sp³-hybridized carbons (Fsp3) is 0.969. The van der Waals surface area contributed by atoms with Gasteiger partial charge in [0.05, 0.1) is 18.3 Å². The summed E-state index contributed by atoms with van der Waals surface area (Å²) in [7, 11) is 0. The largest absolute Gasteiger partial charge is 0.459 e. The van der Waals surface area contributed by atoms with Crippen molar-refractivity contribution in [3.05, 3.63) is 0 Å². The first-order valence-electron chi connectivity index (χ1n) is 15.8. The van der Waals surface area contributed by atoms with Gasteiger partial charge in [0, 0.05) is 6.42 Å². The Labute approximate surface area is 225 Å². The van der Waals surface area contributed by atoms with Gasteiger partial charge >= 0.3 is 5.97 Å². The SMILES string of the molecule is CCC1(OC(=O)CC[C@@H](C)C2CCC3C4C(C[C@H](O)[C@@]32C)[C@@]2(C)CC[C@@H](O)CC2C[C@H]4O)CCCCC1. The molecule has 0 aliphatic heterocycles. The first-order valence-corrected chi connectivity index (χ1v) is 15.8. The average molecular weight is 519 g/mol. The van der Waals surface area contributed by atoms with Crippen LogP contribution in [0.25, 0.3) is 0 Å². The molecule has 5 heteroatoms. The molecule has 5 nitrogen and oxygen atoms in total. The molecule has 0 radical (unpaired) electrons. The van der Waals surface area contributed by atoms with Gasteiger partial charge in [0.25, 0.3) is 0 Å². The van der Waals surface area contributed by atoms with E-state index in [1.54, 1.807) is 0 Å². The number of rotatable bonds is 6. The van der Waals surface area contributed by atoms with E-state index in [2.05, 4.69) is 27.7 Å². The maximum atomic E-state index is 12.9. The molecule has 0 bridgehead atoms. The summed E-state index contributed by atoms with van der Waals surface area (Å²) >= 11 is 0. The molecule has 0 spiro atoms. The monoisotopic (exact) mass is 518 g/mol. The molecule has 0 amide bonds. The summed E-state index contributed by atoms with van der Waals surface area (Å²) in [6.07, 6.45) is 13.1. The van der Waals surface area contributed by atoms with E-state index >= 15 is 0 Å². The highest BCUT2D eigenvalue weighted by molar-refractivity contribution is 5.70. The second kappa shape index (κ2) is 10.4. The molecule has 37 heavy (non-hydrogen) atoms. The van der Waals surface area contributed by atoms with Crippen molar-refractivity contribution in [1.82, 2.24) is 0 Å². The number of ether oxygens (including phenoxy) is 1. The van der Waals surface area contributed by atoms with E-state index < -0.39 is 0 Å². The second-order valence-electron chi connectivity index (χ2n) is 14.6. The van der Waals surface area contributed by atoms with Gasteiger partial charge in [-0.3, -0.25) is 4.79 Å². The van der Waals surface area contributed by atoms with Crippen LogP contribution >= 0.6 is 0 Å². The minimum absolute atomic E-state index is 0.0410. The Morgan fingerprint density at radius 2 is 1.68 bits per heavy atom. The minimum atomic E-state index is -0.374. The highest BCUT2D eigenvalue weighted by Gasteiger charge is 2.65. The van der Waals surface area contributed by atoms with Gasteiger partial charge in [-0.1, -0.05) is 34.1 Å². The van der Waals surface area contributed by atoms with Gasteiger partial charge in [0.2, 0.25) is 0 Å². The fourth-order valence-electron chi connectivity index (χ4n) is 10.7. The van der Waals surface area contributed by atoms with Crippen molar-refractivity contribution in [2.75, 3.05) is 0 Å². The molecular formula is C32H54O5. The lowest BCUT2D eigenvalue weighted by atomic mass is 9.43. The summed E-state index contributed by atoms with van der Waals surface area (Å²) in [6, 6.07) is 0. The van der Waals surface area contributed by atoms with Crippen molar-refractivity contribution in [2.24, 2.45) is 46.3 Å².